The Bertz CT molecular complexity index is 366. The maximum atomic E-state index is 12.5. The molecule has 0 spiro atoms. The van der Waals surface area contributed by atoms with Gasteiger partial charge < -0.3 is 5.73 Å². The summed E-state index contributed by atoms with van der Waals surface area (Å²) in [6.45, 7) is 0.930. The van der Waals surface area contributed by atoms with Gasteiger partial charge in [-0.25, -0.2) is 0 Å². The van der Waals surface area contributed by atoms with Gasteiger partial charge in [0.25, 0.3) is 0 Å². The average Bonchev–Trinajstić information content (AvgIpc) is 2.88. The molecule has 0 aromatic carbocycles. The van der Waals surface area contributed by atoms with E-state index in [4.69, 9.17) is 5.73 Å². The number of rotatable bonds is 4. The number of nitrogens with two attached hydrogens (primary N) is 1. The summed E-state index contributed by atoms with van der Waals surface area (Å²) < 4.78 is 38.9. The minimum atomic E-state index is -4.36. The monoisotopic (exact) mass is 233 g/mol. The Morgan fingerprint density at radius 2 is 2.12 bits per heavy atom. The Hall–Kier alpha value is -1.04. The Morgan fingerprint density at radius 1 is 1.44 bits per heavy atom. The predicted octanol–water partition coefficient (Wildman–Crippen LogP) is 1.81. The maximum absolute atomic E-state index is 12.5. The molecule has 1 aromatic heterocycles. The highest BCUT2D eigenvalue weighted by atomic mass is 19.4. The van der Waals surface area contributed by atoms with Crippen molar-refractivity contribution in [3.63, 3.8) is 0 Å². The van der Waals surface area contributed by atoms with Crippen molar-refractivity contribution < 1.29 is 13.2 Å². The van der Waals surface area contributed by atoms with Crippen LogP contribution in [0.15, 0.2) is 6.07 Å². The van der Waals surface area contributed by atoms with Gasteiger partial charge in [0.15, 0.2) is 5.69 Å². The second-order valence-electron chi connectivity index (χ2n) is 4.18. The van der Waals surface area contributed by atoms with Crippen molar-refractivity contribution >= 4 is 0 Å². The van der Waals surface area contributed by atoms with Crippen LogP contribution >= 0.6 is 0 Å². The van der Waals surface area contributed by atoms with E-state index >= 15 is 0 Å². The summed E-state index contributed by atoms with van der Waals surface area (Å²) in [7, 11) is 0. The van der Waals surface area contributed by atoms with E-state index < -0.39 is 11.9 Å². The molecule has 0 unspecified atom stereocenters. The van der Waals surface area contributed by atoms with Gasteiger partial charge in [-0.1, -0.05) is 0 Å². The first-order valence-corrected chi connectivity index (χ1v) is 5.34. The lowest BCUT2D eigenvalue weighted by atomic mass is 10.2. The summed E-state index contributed by atoms with van der Waals surface area (Å²) in [4.78, 5) is 0. The molecule has 0 amide bonds. The van der Waals surface area contributed by atoms with E-state index in [0.29, 0.717) is 31.1 Å². The molecule has 2 rings (SSSR count). The van der Waals surface area contributed by atoms with Crippen LogP contribution in [0, 0.1) is 5.92 Å². The standard InChI is InChI=1S/C10H14F3N3/c11-10(12,13)9-5-8(3-4-14)16(15-9)6-7-1-2-7/h5,7H,1-4,6,14H2. The lowest BCUT2D eigenvalue weighted by Gasteiger charge is -2.04. The van der Waals surface area contributed by atoms with Crippen LogP contribution in [-0.4, -0.2) is 16.3 Å². The molecule has 0 atom stereocenters. The van der Waals surface area contributed by atoms with E-state index in [-0.39, 0.29) is 0 Å². The molecule has 0 bridgehead atoms. The van der Waals surface area contributed by atoms with Crippen molar-refractivity contribution in [1.29, 1.82) is 0 Å². The molecule has 0 aliphatic heterocycles. The van der Waals surface area contributed by atoms with Gasteiger partial charge in [-0.15, -0.1) is 0 Å². The van der Waals surface area contributed by atoms with E-state index in [1.807, 2.05) is 0 Å². The van der Waals surface area contributed by atoms with Crippen LogP contribution in [0.4, 0.5) is 13.2 Å². The number of hydrogen-bond acceptors (Lipinski definition) is 2. The summed E-state index contributed by atoms with van der Waals surface area (Å²) in [5.41, 5.74) is 5.15. The molecule has 1 aliphatic carbocycles. The van der Waals surface area contributed by atoms with Gasteiger partial charge in [-0.05, 0) is 31.4 Å². The average molecular weight is 233 g/mol. The Kier molecular flexibility index (Phi) is 2.92. The van der Waals surface area contributed by atoms with Gasteiger partial charge in [0.2, 0.25) is 0 Å². The molecule has 2 N–H and O–H groups in total. The summed E-state index contributed by atoms with van der Waals surface area (Å²) >= 11 is 0. The fourth-order valence-electron chi connectivity index (χ4n) is 1.65. The first kappa shape index (κ1) is 11.4. The smallest absolute Gasteiger partial charge is 0.330 e. The number of alkyl halides is 3. The fraction of sp³-hybridized carbons (Fsp3) is 0.700. The molecule has 1 saturated carbocycles. The lowest BCUT2D eigenvalue weighted by molar-refractivity contribution is -0.141. The van der Waals surface area contributed by atoms with Crippen LogP contribution in [0.25, 0.3) is 0 Å². The van der Waals surface area contributed by atoms with E-state index in [9.17, 15) is 13.2 Å². The molecule has 0 radical (unpaired) electrons. The van der Waals surface area contributed by atoms with Gasteiger partial charge in [-0.2, -0.15) is 18.3 Å². The largest absolute Gasteiger partial charge is 0.435 e. The molecule has 0 saturated heterocycles. The highest BCUT2D eigenvalue weighted by Gasteiger charge is 2.35. The lowest BCUT2D eigenvalue weighted by Crippen LogP contribution is -2.12. The predicted molar refractivity (Wildman–Crippen MR) is 52.7 cm³/mol. The van der Waals surface area contributed by atoms with Gasteiger partial charge in [0.1, 0.15) is 0 Å². The molecular formula is C10H14F3N3. The highest BCUT2D eigenvalue weighted by molar-refractivity contribution is 5.14. The van der Waals surface area contributed by atoms with Crippen LogP contribution in [0.3, 0.4) is 0 Å². The SMILES string of the molecule is NCCc1cc(C(F)(F)F)nn1CC1CC1. The van der Waals surface area contributed by atoms with Crippen LogP contribution in [-0.2, 0) is 19.1 Å². The van der Waals surface area contributed by atoms with Crippen LogP contribution < -0.4 is 5.73 Å². The summed E-state index contributed by atoms with van der Waals surface area (Å²) in [5, 5.41) is 3.62. The molecule has 90 valence electrons. The van der Waals surface area contributed by atoms with Crippen molar-refractivity contribution in [3.8, 4) is 0 Å². The summed E-state index contributed by atoms with van der Waals surface area (Å²) in [5.74, 6) is 0.498. The van der Waals surface area contributed by atoms with Gasteiger partial charge in [0, 0.05) is 18.7 Å². The quantitative estimate of drug-likeness (QED) is 0.862. The minimum absolute atomic E-state index is 0.341. The highest BCUT2D eigenvalue weighted by Crippen LogP contribution is 2.33. The fourth-order valence-corrected chi connectivity index (χ4v) is 1.65. The number of halogens is 3. The first-order valence-electron chi connectivity index (χ1n) is 5.34. The summed E-state index contributed by atoms with van der Waals surface area (Å²) in [6.07, 6.45) is -1.75. The first-order chi connectivity index (χ1) is 7.50. The minimum Gasteiger partial charge on any atom is -0.330 e. The maximum Gasteiger partial charge on any atom is 0.435 e. The van der Waals surface area contributed by atoms with Crippen molar-refractivity contribution in [1.82, 2.24) is 9.78 Å². The molecular weight excluding hydrogens is 219 g/mol. The topological polar surface area (TPSA) is 43.8 Å². The second-order valence-corrected chi connectivity index (χ2v) is 4.18. The van der Waals surface area contributed by atoms with Crippen molar-refractivity contribution in [2.75, 3.05) is 6.54 Å². The molecule has 1 aliphatic rings. The Balaban J connectivity index is 2.21. The number of hydrogen-bond donors (Lipinski definition) is 1. The van der Waals surface area contributed by atoms with Crippen LogP contribution in [0.5, 0.6) is 0 Å². The van der Waals surface area contributed by atoms with Crippen molar-refractivity contribution in [2.45, 2.75) is 32.0 Å². The van der Waals surface area contributed by atoms with E-state index in [0.717, 1.165) is 18.9 Å². The van der Waals surface area contributed by atoms with Crippen LogP contribution in [0.1, 0.15) is 24.2 Å². The third-order valence-electron chi connectivity index (χ3n) is 2.68. The van der Waals surface area contributed by atoms with Crippen LogP contribution in [0.2, 0.25) is 0 Å². The molecule has 3 nitrogen and oxygen atoms in total. The summed E-state index contributed by atoms with van der Waals surface area (Å²) in [6, 6.07) is 1.11. The van der Waals surface area contributed by atoms with Gasteiger partial charge >= 0.3 is 6.18 Å². The van der Waals surface area contributed by atoms with Gasteiger partial charge in [0.05, 0.1) is 0 Å². The number of aromatic nitrogens is 2. The van der Waals surface area contributed by atoms with Crippen molar-refractivity contribution in [2.24, 2.45) is 11.7 Å². The third kappa shape index (κ3) is 2.55. The molecule has 16 heavy (non-hydrogen) atoms. The van der Waals surface area contributed by atoms with Gasteiger partial charge in [-0.3, -0.25) is 4.68 Å². The van der Waals surface area contributed by atoms with E-state index in [1.165, 1.54) is 4.68 Å². The van der Waals surface area contributed by atoms with E-state index in [2.05, 4.69) is 5.10 Å². The molecule has 1 fully saturated rings. The Labute approximate surface area is 91.4 Å². The van der Waals surface area contributed by atoms with Crippen molar-refractivity contribution in [3.05, 3.63) is 17.5 Å². The number of nitrogens with zero attached hydrogens (tertiary/aromatic N) is 2. The molecule has 6 heteroatoms. The molecule has 1 aromatic rings. The second kappa shape index (κ2) is 4.08. The Morgan fingerprint density at radius 3 is 2.62 bits per heavy atom. The zero-order chi connectivity index (χ0) is 11.8. The third-order valence-corrected chi connectivity index (χ3v) is 2.68. The van der Waals surface area contributed by atoms with E-state index in [1.54, 1.807) is 0 Å². The molecule has 1 heterocycles. The normalized spacial score (nSPS) is 16.8. The zero-order valence-electron chi connectivity index (χ0n) is 8.80. The zero-order valence-corrected chi connectivity index (χ0v) is 8.80.